The molecule has 0 spiro atoms. The summed E-state index contributed by atoms with van der Waals surface area (Å²) in [4.78, 5) is 31.7. The lowest BCUT2D eigenvalue weighted by atomic mass is 10.0. The molecule has 1 amide bonds. The number of benzene rings is 4. The Hall–Kier alpha value is -5.12. The fraction of sp³-hybridized carbons (Fsp3) is 0.0312. The van der Waals surface area contributed by atoms with Crippen LogP contribution in [0.25, 0.3) is 11.3 Å². The Morgan fingerprint density at radius 3 is 2.36 bits per heavy atom. The number of ether oxygens (including phenoxy) is 1. The van der Waals surface area contributed by atoms with Crippen molar-refractivity contribution in [2.45, 2.75) is 0 Å². The fourth-order valence-corrected chi connectivity index (χ4v) is 5.29. The highest BCUT2D eigenvalue weighted by atomic mass is 35.5. The molecule has 0 aliphatic carbocycles. The number of nitrogens with one attached hydrogen (secondary N) is 1. The summed E-state index contributed by atoms with van der Waals surface area (Å²) in [5, 5.41) is 13.0. The first-order valence-electron chi connectivity index (χ1n) is 12.8. The monoisotopic (exact) mass is 591 g/mol. The van der Waals surface area contributed by atoms with Gasteiger partial charge in [0.1, 0.15) is 11.5 Å². The third-order valence-corrected chi connectivity index (χ3v) is 7.53. The molecule has 8 nitrogen and oxygen atoms in total. The van der Waals surface area contributed by atoms with Crippen LogP contribution in [0.4, 0.5) is 10.8 Å². The van der Waals surface area contributed by atoms with Gasteiger partial charge in [0.05, 0.1) is 18.5 Å². The highest BCUT2D eigenvalue weighted by Crippen LogP contribution is 2.31. The van der Waals surface area contributed by atoms with Gasteiger partial charge in [-0.05, 0) is 42.5 Å². The van der Waals surface area contributed by atoms with Crippen molar-refractivity contribution in [3.63, 3.8) is 0 Å². The number of hydrogen-bond acceptors (Lipinski definition) is 8. The normalized spacial score (nSPS) is 13.8. The molecule has 0 bridgehead atoms. The van der Waals surface area contributed by atoms with Gasteiger partial charge in [0, 0.05) is 32.7 Å². The number of hydrazone groups is 2. The lowest BCUT2D eigenvalue weighted by Gasteiger charge is -2.10. The van der Waals surface area contributed by atoms with Crippen molar-refractivity contribution in [2.75, 3.05) is 17.5 Å². The van der Waals surface area contributed by atoms with Crippen molar-refractivity contribution in [1.82, 2.24) is 4.98 Å². The van der Waals surface area contributed by atoms with Crippen molar-refractivity contribution in [3.8, 4) is 17.0 Å². The van der Waals surface area contributed by atoms with Crippen molar-refractivity contribution in [1.29, 1.82) is 0 Å². The first-order chi connectivity index (χ1) is 20.5. The Bertz CT molecular complexity index is 1840. The van der Waals surface area contributed by atoms with Crippen molar-refractivity contribution >= 4 is 56.9 Å². The van der Waals surface area contributed by atoms with Crippen LogP contribution >= 0.6 is 22.9 Å². The van der Waals surface area contributed by atoms with Crippen LogP contribution in [0.2, 0.25) is 5.02 Å². The molecule has 1 aliphatic rings. The quantitative estimate of drug-likeness (QED) is 0.156. The van der Waals surface area contributed by atoms with Crippen LogP contribution in [0.3, 0.4) is 0 Å². The van der Waals surface area contributed by atoms with Crippen molar-refractivity contribution in [2.24, 2.45) is 10.2 Å². The molecule has 1 aromatic heterocycles. The van der Waals surface area contributed by atoms with Gasteiger partial charge in [-0.25, -0.2) is 4.98 Å². The first-order valence-corrected chi connectivity index (χ1v) is 14.1. The summed E-state index contributed by atoms with van der Waals surface area (Å²) in [6.07, 6.45) is 0. The number of amides is 1. The summed E-state index contributed by atoms with van der Waals surface area (Å²) in [5.74, 6) is 0.0524. The van der Waals surface area contributed by atoms with Gasteiger partial charge < -0.3 is 4.74 Å². The summed E-state index contributed by atoms with van der Waals surface area (Å²) in [6.45, 7) is 0. The Morgan fingerprint density at radius 2 is 1.64 bits per heavy atom. The molecule has 0 unspecified atom stereocenters. The van der Waals surface area contributed by atoms with E-state index in [0.29, 0.717) is 43.9 Å². The third kappa shape index (κ3) is 5.43. The number of ketones is 1. The van der Waals surface area contributed by atoms with E-state index in [1.165, 1.54) is 16.3 Å². The van der Waals surface area contributed by atoms with Crippen LogP contribution in [-0.2, 0) is 4.79 Å². The number of halogens is 1. The number of thiazole rings is 1. The van der Waals surface area contributed by atoms with E-state index in [4.69, 9.17) is 16.3 Å². The molecule has 10 heteroatoms. The van der Waals surface area contributed by atoms with E-state index in [0.717, 1.165) is 11.3 Å². The number of nitrogens with zero attached hydrogens (tertiary/aromatic N) is 4. The fourth-order valence-electron chi connectivity index (χ4n) is 4.33. The minimum absolute atomic E-state index is 0.0791. The predicted octanol–water partition coefficient (Wildman–Crippen LogP) is 6.92. The maximum absolute atomic E-state index is 13.7. The van der Waals surface area contributed by atoms with Crippen LogP contribution in [0.1, 0.15) is 21.5 Å². The van der Waals surface area contributed by atoms with Gasteiger partial charge in [0.25, 0.3) is 0 Å². The molecule has 0 atom stereocenters. The van der Waals surface area contributed by atoms with E-state index in [1.54, 1.807) is 49.6 Å². The van der Waals surface area contributed by atoms with Gasteiger partial charge in [-0.1, -0.05) is 72.3 Å². The predicted molar refractivity (Wildman–Crippen MR) is 167 cm³/mol. The zero-order valence-electron chi connectivity index (χ0n) is 22.2. The van der Waals surface area contributed by atoms with E-state index >= 15 is 0 Å². The molecule has 0 fully saturated rings. The van der Waals surface area contributed by atoms with Crippen LogP contribution in [0.5, 0.6) is 5.75 Å². The van der Waals surface area contributed by atoms with Gasteiger partial charge >= 0.3 is 5.91 Å². The van der Waals surface area contributed by atoms with Crippen LogP contribution in [-0.4, -0.2) is 35.2 Å². The average molecular weight is 592 g/mol. The Labute approximate surface area is 250 Å². The highest BCUT2D eigenvalue weighted by molar-refractivity contribution is 7.14. The molecule has 1 N–H and O–H groups in total. The molecule has 42 heavy (non-hydrogen) atoms. The van der Waals surface area contributed by atoms with Crippen LogP contribution in [0.15, 0.2) is 119 Å². The molecule has 206 valence electrons. The molecule has 4 aromatic carbocycles. The second kappa shape index (κ2) is 11.8. The highest BCUT2D eigenvalue weighted by Gasteiger charge is 2.36. The van der Waals surface area contributed by atoms with Gasteiger partial charge in [-0.15, -0.1) is 11.3 Å². The molecule has 5 aromatic rings. The number of rotatable bonds is 8. The Kier molecular flexibility index (Phi) is 7.59. The number of anilines is 2. The smallest absolute Gasteiger partial charge is 0.303 e. The summed E-state index contributed by atoms with van der Waals surface area (Å²) in [7, 11) is 1.61. The van der Waals surface area contributed by atoms with Gasteiger partial charge in [0.15, 0.2) is 11.5 Å². The molecule has 0 saturated heterocycles. The number of carbonyl (C=O) groups is 2. The van der Waals surface area contributed by atoms with Gasteiger partial charge in [-0.2, -0.15) is 15.2 Å². The van der Waals surface area contributed by atoms with Gasteiger partial charge in [-0.3, -0.25) is 15.0 Å². The van der Waals surface area contributed by atoms with Crippen molar-refractivity contribution in [3.05, 3.63) is 130 Å². The molecular weight excluding hydrogens is 570 g/mol. The van der Waals surface area contributed by atoms with E-state index in [9.17, 15) is 9.59 Å². The van der Waals surface area contributed by atoms with E-state index in [1.807, 2.05) is 66.0 Å². The Balaban J connectivity index is 1.34. The van der Waals surface area contributed by atoms with E-state index < -0.39 is 5.91 Å². The van der Waals surface area contributed by atoms with Gasteiger partial charge in [0.2, 0.25) is 5.13 Å². The largest absolute Gasteiger partial charge is 0.497 e. The minimum atomic E-state index is -0.457. The summed E-state index contributed by atoms with van der Waals surface area (Å²) < 4.78 is 5.24. The van der Waals surface area contributed by atoms with E-state index in [-0.39, 0.29) is 11.5 Å². The number of methoxy groups -OCH3 is 1. The maximum atomic E-state index is 13.7. The van der Waals surface area contributed by atoms with Crippen LogP contribution in [0, 0.1) is 0 Å². The van der Waals surface area contributed by atoms with Crippen molar-refractivity contribution < 1.29 is 14.3 Å². The third-order valence-electron chi connectivity index (χ3n) is 6.48. The molecule has 0 saturated carbocycles. The molecule has 2 heterocycles. The lowest BCUT2D eigenvalue weighted by Crippen LogP contribution is -2.28. The van der Waals surface area contributed by atoms with Crippen LogP contribution < -0.4 is 15.2 Å². The second-order valence-electron chi connectivity index (χ2n) is 9.13. The topological polar surface area (TPSA) is 96.2 Å². The summed E-state index contributed by atoms with van der Waals surface area (Å²) in [5.41, 5.74) is 6.89. The summed E-state index contributed by atoms with van der Waals surface area (Å²) >= 11 is 7.54. The second-order valence-corrected chi connectivity index (χ2v) is 10.4. The molecule has 6 rings (SSSR count). The minimum Gasteiger partial charge on any atom is -0.497 e. The average Bonchev–Trinajstić information content (AvgIpc) is 3.65. The Morgan fingerprint density at radius 1 is 0.929 bits per heavy atom. The molecule has 1 aliphatic heterocycles. The number of aromatic nitrogens is 1. The number of hydrogen-bond donors (Lipinski definition) is 1. The standard InChI is InChI=1S/C32H22ClN5O3S/c1-41-24-15-12-20(13-16-24)27-19-42-32(34-27)38-31(40)29(28(37-38)21-8-4-2-5-9-21)36-35-26-17-14-23(33)18-25(26)30(39)22-10-6-3-7-11-22/h2-19,35H,1H3/b36-29+. The molecular formula is C32H22ClN5O3S. The number of carbonyl (C=O) groups excluding carboxylic acids is 2. The maximum Gasteiger partial charge on any atom is 0.303 e. The van der Waals surface area contributed by atoms with E-state index in [2.05, 4.69) is 20.6 Å². The SMILES string of the molecule is COc1ccc(-c2csc(N3N=C(c4ccccc4)/C(=N\Nc4ccc(Cl)cc4C(=O)c4ccccc4)C3=O)n2)cc1. The zero-order valence-corrected chi connectivity index (χ0v) is 23.8. The summed E-state index contributed by atoms with van der Waals surface area (Å²) in [6, 6.07) is 30.6. The lowest BCUT2D eigenvalue weighted by molar-refractivity contribution is -0.112. The first kappa shape index (κ1) is 27.1. The zero-order chi connectivity index (χ0) is 29.1. The molecule has 0 radical (unpaired) electrons.